The largest absolute Gasteiger partial charge is 0.493 e. The van der Waals surface area contributed by atoms with Crippen LogP contribution in [0.4, 0.5) is 11.4 Å². The lowest BCUT2D eigenvalue weighted by molar-refractivity contribution is -0.114. The van der Waals surface area contributed by atoms with Crippen molar-refractivity contribution in [3.63, 3.8) is 0 Å². The summed E-state index contributed by atoms with van der Waals surface area (Å²) in [5.41, 5.74) is 3.25. The first-order chi connectivity index (χ1) is 16.6. The number of rotatable bonds is 13. The van der Waals surface area contributed by atoms with Crippen LogP contribution in [0.2, 0.25) is 0 Å². The summed E-state index contributed by atoms with van der Waals surface area (Å²) in [6.45, 7) is 1.87. The van der Waals surface area contributed by atoms with E-state index in [4.69, 9.17) is 9.47 Å². The van der Waals surface area contributed by atoms with E-state index in [1.807, 2.05) is 42.5 Å². The molecule has 0 saturated heterocycles. The van der Waals surface area contributed by atoms with Crippen LogP contribution in [0.3, 0.4) is 0 Å². The van der Waals surface area contributed by atoms with E-state index < -0.39 is 0 Å². The number of carbonyl (C=O) groups is 2. The van der Waals surface area contributed by atoms with Crippen molar-refractivity contribution >= 4 is 23.2 Å². The molecule has 0 radical (unpaired) electrons. The Morgan fingerprint density at radius 3 is 2.24 bits per heavy atom. The highest BCUT2D eigenvalue weighted by Crippen LogP contribution is 2.16. The molecule has 3 aromatic rings. The van der Waals surface area contributed by atoms with E-state index in [0.717, 1.165) is 24.3 Å². The third-order valence-corrected chi connectivity index (χ3v) is 5.05. The molecule has 178 valence electrons. The molecule has 3 N–H and O–H groups in total. The summed E-state index contributed by atoms with van der Waals surface area (Å²) < 4.78 is 10.7. The molecule has 2 amide bonds. The van der Waals surface area contributed by atoms with E-state index in [2.05, 4.69) is 28.1 Å². The van der Waals surface area contributed by atoms with Crippen LogP contribution >= 0.6 is 0 Å². The van der Waals surface area contributed by atoms with Gasteiger partial charge in [-0.15, -0.1) is 0 Å². The molecule has 0 aliphatic heterocycles. The standard InChI is InChI=1S/C27H31N3O4/c1-33-18-5-17-28-27(32)22-8-10-23(11-9-22)29-20-26(31)30-24-12-14-25(15-13-24)34-19-16-21-6-3-2-4-7-21/h2-4,6-15,29H,5,16-20H2,1H3,(H,28,32)(H,30,31). The van der Waals surface area contributed by atoms with Gasteiger partial charge in [-0.1, -0.05) is 30.3 Å². The first kappa shape index (κ1) is 24.8. The van der Waals surface area contributed by atoms with Crippen molar-refractivity contribution in [1.29, 1.82) is 0 Å². The van der Waals surface area contributed by atoms with Gasteiger partial charge in [-0.3, -0.25) is 9.59 Å². The predicted molar refractivity (Wildman–Crippen MR) is 134 cm³/mol. The number of hydrogen-bond acceptors (Lipinski definition) is 5. The zero-order chi connectivity index (χ0) is 24.0. The number of anilines is 2. The predicted octanol–water partition coefficient (Wildman–Crippen LogP) is 4.13. The molecule has 7 heteroatoms. The molecule has 7 nitrogen and oxygen atoms in total. The third kappa shape index (κ3) is 8.60. The molecule has 0 atom stereocenters. The highest BCUT2D eigenvalue weighted by Gasteiger charge is 2.06. The minimum absolute atomic E-state index is 0.109. The Kier molecular flexibility index (Phi) is 9.95. The fraction of sp³-hybridized carbons (Fsp3) is 0.259. The molecule has 0 unspecified atom stereocenters. The summed E-state index contributed by atoms with van der Waals surface area (Å²) in [5.74, 6) is 0.459. The fourth-order valence-electron chi connectivity index (χ4n) is 3.21. The van der Waals surface area contributed by atoms with Crippen molar-refractivity contribution in [3.05, 3.63) is 90.0 Å². The minimum Gasteiger partial charge on any atom is -0.493 e. The second-order valence-corrected chi connectivity index (χ2v) is 7.69. The molecule has 0 aromatic heterocycles. The Morgan fingerprint density at radius 1 is 0.824 bits per heavy atom. The third-order valence-electron chi connectivity index (χ3n) is 5.05. The van der Waals surface area contributed by atoms with Gasteiger partial charge in [0.25, 0.3) is 5.91 Å². The molecule has 0 spiro atoms. The SMILES string of the molecule is COCCCNC(=O)c1ccc(NCC(=O)Nc2ccc(OCCc3ccccc3)cc2)cc1. The van der Waals surface area contributed by atoms with E-state index in [-0.39, 0.29) is 18.4 Å². The molecule has 34 heavy (non-hydrogen) atoms. The Labute approximate surface area is 200 Å². The zero-order valence-corrected chi connectivity index (χ0v) is 19.4. The molecule has 3 rings (SSSR count). The lowest BCUT2D eigenvalue weighted by Crippen LogP contribution is -2.25. The van der Waals surface area contributed by atoms with Gasteiger partial charge >= 0.3 is 0 Å². The van der Waals surface area contributed by atoms with Crippen LogP contribution < -0.4 is 20.7 Å². The van der Waals surface area contributed by atoms with E-state index in [1.165, 1.54) is 5.56 Å². The summed E-state index contributed by atoms with van der Waals surface area (Å²) >= 11 is 0. The monoisotopic (exact) mass is 461 g/mol. The topological polar surface area (TPSA) is 88.7 Å². The number of carbonyl (C=O) groups excluding carboxylic acids is 2. The van der Waals surface area contributed by atoms with E-state index in [9.17, 15) is 9.59 Å². The van der Waals surface area contributed by atoms with E-state index >= 15 is 0 Å². The average Bonchev–Trinajstić information content (AvgIpc) is 2.87. The first-order valence-corrected chi connectivity index (χ1v) is 11.3. The van der Waals surface area contributed by atoms with Crippen LogP contribution in [0.5, 0.6) is 5.75 Å². The summed E-state index contributed by atoms with van der Waals surface area (Å²) in [7, 11) is 1.63. The summed E-state index contributed by atoms with van der Waals surface area (Å²) in [6, 6.07) is 24.5. The fourth-order valence-corrected chi connectivity index (χ4v) is 3.21. The summed E-state index contributed by atoms with van der Waals surface area (Å²) in [5, 5.41) is 8.75. The Morgan fingerprint density at radius 2 is 1.53 bits per heavy atom. The molecule has 0 aliphatic rings. The number of benzene rings is 3. The number of nitrogens with one attached hydrogen (secondary N) is 3. The van der Waals surface area contributed by atoms with Crippen LogP contribution in [0, 0.1) is 0 Å². The zero-order valence-electron chi connectivity index (χ0n) is 19.4. The van der Waals surface area contributed by atoms with Crippen molar-refractivity contribution in [2.45, 2.75) is 12.8 Å². The van der Waals surface area contributed by atoms with Crippen LogP contribution in [0.1, 0.15) is 22.3 Å². The molecular formula is C27H31N3O4. The lowest BCUT2D eigenvalue weighted by Gasteiger charge is -2.10. The molecule has 0 bridgehead atoms. The van der Waals surface area contributed by atoms with Gasteiger partial charge in [0.2, 0.25) is 5.91 Å². The number of amides is 2. The molecule has 0 heterocycles. The Hall–Kier alpha value is -3.84. The number of methoxy groups -OCH3 is 1. The molecular weight excluding hydrogens is 430 g/mol. The maximum absolute atomic E-state index is 12.3. The highest BCUT2D eigenvalue weighted by atomic mass is 16.5. The van der Waals surface area contributed by atoms with E-state index in [0.29, 0.717) is 31.0 Å². The Balaban J connectivity index is 1.37. The quantitative estimate of drug-likeness (QED) is 0.333. The Bertz CT molecular complexity index is 1020. The maximum atomic E-state index is 12.3. The van der Waals surface area contributed by atoms with Crippen LogP contribution in [0.25, 0.3) is 0 Å². The average molecular weight is 462 g/mol. The van der Waals surface area contributed by atoms with Crippen LogP contribution in [-0.2, 0) is 16.0 Å². The molecule has 0 aliphatic carbocycles. The van der Waals surface area contributed by atoms with Gasteiger partial charge < -0.3 is 25.4 Å². The van der Waals surface area contributed by atoms with Crippen LogP contribution in [0.15, 0.2) is 78.9 Å². The smallest absolute Gasteiger partial charge is 0.251 e. The second-order valence-electron chi connectivity index (χ2n) is 7.69. The normalized spacial score (nSPS) is 10.4. The van der Waals surface area contributed by atoms with Gasteiger partial charge in [0.05, 0.1) is 13.2 Å². The van der Waals surface area contributed by atoms with Gasteiger partial charge in [0, 0.05) is 43.6 Å². The number of ether oxygens (including phenoxy) is 2. The molecule has 0 saturated carbocycles. The van der Waals surface area contributed by atoms with Gasteiger partial charge in [0.1, 0.15) is 5.75 Å². The van der Waals surface area contributed by atoms with Crippen molar-refractivity contribution in [1.82, 2.24) is 5.32 Å². The van der Waals surface area contributed by atoms with Gasteiger partial charge in [-0.05, 0) is 60.5 Å². The van der Waals surface area contributed by atoms with Crippen molar-refractivity contribution in [3.8, 4) is 5.75 Å². The minimum atomic E-state index is -0.169. The van der Waals surface area contributed by atoms with Crippen LogP contribution in [-0.4, -0.2) is 45.2 Å². The number of hydrogen-bond donors (Lipinski definition) is 3. The van der Waals surface area contributed by atoms with Crippen molar-refractivity contribution < 1.29 is 19.1 Å². The van der Waals surface area contributed by atoms with Crippen molar-refractivity contribution in [2.24, 2.45) is 0 Å². The molecule has 0 fully saturated rings. The van der Waals surface area contributed by atoms with Gasteiger partial charge in [-0.2, -0.15) is 0 Å². The van der Waals surface area contributed by atoms with Gasteiger partial charge in [0.15, 0.2) is 0 Å². The van der Waals surface area contributed by atoms with Crippen molar-refractivity contribution in [2.75, 3.05) is 44.0 Å². The highest BCUT2D eigenvalue weighted by molar-refractivity contribution is 5.95. The first-order valence-electron chi connectivity index (χ1n) is 11.3. The lowest BCUT2D eigenvalue weighted by atomic mass is 10.2. The summed E-state index contributed by atoms with van der Waals surface area (Å²) in [4.78, 5) is 24.4. The van der Waals surface area contributed by atoms with E-state index in [1.54, 1.807) is 31.4 Å². The van der Waals surface area contributed by atoms with Gasteiger partial charge in [-0.25, -0.2) is 0 Å². The molecule has 3 aromatic carbocycles. The maximum Gasteiger partial charge on any atom is 0.251 e. The summed E-state index contributed by atoms with van der Waals surface area (Å²) in [6.07, 6.45) is 1.60. The second kappa shape index (κ2) is 13.6.